The monoisotopic (exact) mass is 568 g/mol. The van der Waals surface area contributed by atoms with Crippen LogP contribution in [0.2, 0.25) is 0 Å². The van der Waals surface area contributed by atoms with Crippen molar-refractivity contribution in [2.75, 3.05) is 13.2 Å². The fraction of sp³-hybridized carbons (Fsp3) is 0.464. The number of aromatic nitrogens is 1. The van der Waals surface area contributed by atoms with E-state index in [1.165, 1.54) is 0 Å². The molecule has 9 heteroatoms. The normalized spacial score (nSPS) is 14.5. The molecule has 0 amide bonds. The number of hydrogen-bond donors (Lipinski definition) is 2. The Morgan fingerprint density at radius 3 is 2.68 bits per heavy atom. The van der Waals surface area contributed by atoms with Crippen LogP contribution in [0.25, 0.3) is 0 Å². The number of halogens is 1. The van der Waals surface area contributed by atoms with E-state index < -0.39 is 11.4 Å². The van der Waals surface area contributed by atoms with Crippen molar-refractivity contribution in [1.82, 2.24) is 9.88 Å². The predicted molar refractivity (Wildman–Crippen MR) is 145 cm³/mol. The van der Waals surface area contributed by atoms with E-state index in [0.29, 0.717) is 48.9 Å². The minimum absolute atomic E-state index is 0. The summed E-state index contributed by atoms with van der Waals surface area (Å²) in [5, 5.41) is 26.7. The summed E-state index contributed by atoms with van der Waals surface area (Å²) >= 11 is 0. The number of aliphatic carboxylic acids is 1. The molecule has 0 unspecified atom stereocenters. The molecule has 1 saturated carbocycles. The smallest absolute Gasteiger partial charge is 0.303 e. The largest absolute Gasteiger partial charge is 0.493 e. The zero-order valence-corrected chi connectivity index (χ0v) is 23.0. The number of rotatable bonds is 12. The van der Waals surface area contributed by atoms with Crippen LogP contribution in [-0.2, 0) is 16.8 Å². The number of Topliss-reactive ketones (excluding diaryl/α,β-unsaturated/α-hetero) is 1. The third-order valence-corrected chi connectivity index (χ3v) is 6.83. The lowest BCUT2D eigenvalue weighted by Crippen LogP contribution is -2.30. The number of unbranched alkanes of at least 4 members (excludes halogenated alkanes) is 1. The molecule has 196 valence electrons. The second kappa shape index (κ2) is 11.9. The van der Waals surface area contributed by atoms with Gasteiger partial charge in [-0.1, -0.05) is 19.9 Å². The van der Waals surface area contributed by atoms with Crippen molar-refractivity contribution in [1.29, 1.82) is 10.7 Å². The molecule has 0 atom stereocenters. The molecule has 1 aromatic carbocycles. The summed E-state index contributed by atoms with van der Waals surface area (Å²) in [6.07, 6.45) is 3.75. The molecule has 2 N–H and O–H groups in total. The topological polar surface area (TPSA) is 127 Å². The predicted octanol–water partition coefficient (Wildman–Crippen LogP) is 5.39. The SMILES string of the molecule is Br.CC(C)(CC#N)c1cc(C(=O)CN2Cc3ccc(C4CC4)nc3C2=N)ccc1OCCCCC(=O)O. The first-order chi connectivity index (χ1) is 17.2. The molecule has 2 heterocycles. The number of carboxylic acid groups (broad SMARTS) is 1. The number of hydrogen-bond acceptors (Lipinski definition) is 6. The van der Waals surface area contributed by atoms with Gasteiger partial charge in [-0.05, 0) is 49.9 Å². The van der Waals surface area contributed by atoms with Crippen LogP contribution in [0.4, 0.5) is 0 Å². The summed E-state index contributed by atoms with van der Waals surface area (Å²) in [6, 6.07) is 11.6. The van der Waals surface area contributed by atoms with Crippen LogP contribution in [0.3, 0.4) is 0 Å². The molecule has 2 aromatic rings. The first-order valence-corrected chi connectivity index (χ1v) is 12.4. The number of pyridine rings is 1. The summed E-state index contributed by atoms with van der Waals surface area (Å²) in [5.74, 6) is 0.443. The lowest BCUT2D eigenvalue weighted by atomic mass is 9.80. The van der Waals surface area contributed by atoms with Crippen LogP contribution in [0, 0.1) is 16.7 Å². The van der Waals surface area contributed by atoms with E-state index in [-0.39, 0.29) is 48.0 Å². The quantitative estimate of drug-likeness (QED) is 0.259. The summed E-state index contributed by atoms with van der Waals surface area (Å²) in [4.78, 5) is 30.4. The van der Waals surface area contributed by atoms with Crippen molar-refractivity contribution in [2.45, 2.75) is 70.3 Å². The molecule has 0 saturated heterocycles. The third kappa shape index (κ3) is 6.75. The number of ketones is 1. The van der Waals surface area contributed by atoms with Gasteiger partial charge in [-0.3, -0.25) is 15.0 Å². The maximum absolute atomic E-state index is 13.3. The van der Waals surface area contributed by atoms with E-state index in [9.17, 15) is 14.9 Å². The van der Waals surface area contributed by atoms with Crippen molar-refractivity contribution < 1.29 is 19.4 Å². The number of carbonyl (C=O) groups is 2. The highest BCUT2D eigenvalue weighted by Gasteiger charge is 2.32. The Balaban J connectivity index is 0.00000380. The van der Waals surface area contributed by atoms with Gasteiger partial charge in [-0.15, -0.1) is 17.0 Å². The van der Waals surface area contributed by atoms with Gasteiger partial charge < -0.3 is 14.7 Å². The Labute approximate surface area is 227 Å². The molecule has 4 rings (SSSR count). The van der Waals surface area contributed by atoms with Crippen molar-refractivity contribution in [2.24, 2.45) is 0 Å². The molecule has 1 aromatic heterocycles. The molecule has 8 nitrogen and oxygen atoms in total. The average molecular weight is 570 g/mol. The Morgan fingerprint density at radius 2 is 2.00 bits per heavy atom. The minimum Gasteiger partial charge on any atom is -0.493 e. The van der Waals surface area contributed by atoms with Gasteiger partial charge in [-0.25, -0.2) is 4.98 Å². The molecule has 37 heavy (non-hydrogen) atoms. The van der Waals surface area contributed by atoms with Gasteiger partial charge in [0.05, 0.1) is 19.2 Å². The van der Waals surface area contributed by atoms with E-state index in [0.717, 1.165) is 29.7 Å². The first-order valence-electron chi connectivity index (χ1n) is 12.4. The summed E-state index contributed by atoms with van der Waals surface area (Å²) in [7, 11) is 0. The van der Waals surface area contributed by atoms with E-state index >= 15 is 0 Å². The fourth-order valence-corrected chi connectivity index (χ4v) is 4.49. The van der Waals surface area contributed by atoms with Crippen LogP contribution < -0.4 is 4.74 Å². The molecular weight excluding hydrogens is 536 g/mol. The molecule has 1 fully saturated rings. The average Bonchev–Trinajstić information content (AvgIpc) is 3.64. The number of benzene rings is 1. The second-order valence-corrected chi connectivity index (χ2v) is 10.3. The van der Waals surface area contributed by atoms with Crippen molar-refractivity contribution in [3.8, 4) is 11.8 Å². The molecule has 0 radical (unpaired) electrons. The van der Waals surface area contributed by atoms with Crippen LogP contribution >= 0.6 is 17.0 Å². The maximum atomic E-state index is 13.3. The van der Waals surface area contributed by atoms with E-state index in [1.54, 1.807) is 23.1 Å². The van der Waals surface area contributed by atoms with Gasteiger partial charge in [0, 0.05) is 53.1 Å². The molecule has 2 aliphatic rings. The maximum Gasteiger partial charge on any atom is 0.303 e. The number of carbonyl (C=O) groups excluding carboxylic acids is 1. The van der Waals surface area contributed by atoms with Crippen LogP contribution in [-0.4, -0.2) is 45.7 Å². The second-order valence-electron chi connectivity index (χ2n) is 10.3. The van der Waals surface area contributed by atoms with Crippen molar-refractivity contribution >= 4 is 34.6 Å². The molecule has 1 aliphatic heterocycles. The summed E-state index contributed by atoms with van der Waals surface area (Å²) < 4.78 is 5.95. The van der Waals surface area contributed by atoms with E-state index in [1.807, 2.05) is 26.0 Å². The Kier molecular flexibility index (Phi) is 9.08. The fourth-order valence-electron chi connectivity index (χ4n) is 4.49. The lowest BCUT2D eigenvalue weighted by Gasteiger charge is -2.26. The number of nitrogens with one attached hydrogen (secondary N) is 1. The van der Waals surface area contributed by atoms with Crippen LogP contribution in [0.5, 0.6) is 5.75 Å². The standard InChI is InChI=1S/C28H32N4O4.BrH/c1-28(2,12-13-29)21-15-19(9-11-24(21)36-14-4-3-5-25(34)35)23(33)17-32-16-20-8-10-22(18-6-7-18)31-26(20)27(32)30;/h8-11,15,18,30H,3-7,12,14,16-17H2,1-2H3,(H,34,35);1H. The molecule has 0 bridgehead atoms. The van der Waals surface area contributed by atoms with Crippen LogP contribution in [0.15, 0.2) is 30.3 Å². The number of amidine groups is 1. The van der Waals surface area contributed by atoms with Crippen LogP contribution in [0.1, 0.15) is 91.2 Å². The highest BCUT2D eigenvalue weighted by atomic mass is 79.9. The Hall–Kier alpha value is -3.25. The van der Waals surface area contributed by atoms with Crippen molar-refractivity contribution in [3.05, 3.63) is 58.4 Å². The van der Waals surface area contributed by atoms with Gasteiger partial charge >= 0.3 is 5.97 Å². The first kappa shape index (κ1) is 28.3. The van der Waals surface area contributed by atoms with E-state index in [4.69, 9.17) is 20.2 Å². The highest BCUT2D eigenvalue weighted by molar-refractivity contribution is 8.93. The van der Waals surface area contributed by atoms with Gasteiger partial charge in [0.1, 0.15) is 17.3 Å². The number of carboxylic acids is 1. The number of nitriles is 1. The van der Waals surface area contributed by atoms with Crippen molar-refractivity contribution in [3.63, 3.8) is 0 Å². The number of nitrogens with zero attached hydrogens (tertiary/aromatic N) is 3. The Bertz CT molecular complexity index is 1230. The minimum atomic E-state index is -0.831. The van der Waals surface area contributed by atoms with E-state index in [2.05, 4.69) is 6.07 Å². The van der Waals surface area contributed by atoms with Gasteiger partial charge in [0.2, 0.25) is 0 Å². The van der Waals surface area contributed by atoms with Gasteiger partial charge in [-0.2, -0.15) is 5.26 Å². The Morgan fingerprint density at radius 1 is 1.24 bits per heavy atom. The summed E-state index contributed by atoms with van der Waals surface area (Å²) in [5.41, 5.74) is 3.42. The zero-order chi connectivity index (χ0) is 25.9. The lowest BCUT2D eigenvalue weighted by molar-refractivity contribution is -0.137. The summed E-state index contributed by atoms with van der Waals surface area (Å²) in [6.45, 7) is 4.79. The molecule has 1 aliphatic carbocycles. The number of ether oxygens (including phenoxy) is 1. The highest BCUT2D eigenvalue weighted by Crippen LogP contribution is 2.40. The van der Waals surface area contributed by atoms with Gasteiger partial charge in [0.25, 0.3) is 0 Å². The third-order valence-electron chi connectivity index (χ3n) is 6.83. The zero-order valence-electron chi connectivity index (χ0n) is 21.2. The molecular formula is C28H33BrN4O4. The van der Waals surface area contributed by atoms with Gasteiger partial charge in [0.15, 0.2) is 5.78 Å². The molecule has 0 spiro atoms. The number of fused-ring (bicyclic) bond motifs is 1.